The normalized spacial score (nSPS) is 15.3. The van der Waals surface area contributed by atoms with Gasteiger partial charge in [0.1, 0.15) is 12.1 Å². The van der Waals surface area contributed by atoms with Crippen molar-refractivity contribution in [2.45, 2.75) is 64.8 Å². The number of rotatable bonds is 10. The van der Waals surface area contributed by atoms with Gasteiger partial charge in [0.15, 0.2) is 11.0 Å². The maximum atomic E-state index is 12.9. The smallest absolute Gasteiger partial charge is 0.406 e. The molecule has 2 heterocycles. The number of carbonyl (C=O) groups is 1. The van der Waals surface area contributed by atoms with Crippen LogP contribution in [-0.4, -0.2) is 50.7 Å². The third kappa shape index (κ3) is 8.90. The highest BCUT2D eigenvalue weighted by atomic mass is 32.2. The summed E-state index contributed by atoms with van der Waals surface area (Å²) in [6.45, 7) is 7.19. The molecule has 4 aromatic rings. The van der Waals surface area contributed by atoms with Crippen LogP contribution in [0.2, 0.25) is 0 Å². The Morgan fingerprint density at radius 2 is 1.78 bits per heavy atom. The molecule has 12 heteroatoms. The second-order valence-corrected chi connectivity index (χ2v) is 12.5. The number of thioether (sulfide) groups is 1. The molecule has 1 fully saturated rings. The molecule has 2 amide bonds. The third-order valence-corrected chi connectivity index (χ3v) is 8.61. The van der Waals surface area contributed by atoms with E-state index >= 15 is 0 Å². The number of carbonyl (C=O) groups excluding carboxylic acids is 1. The van der Waals surface area contributed by atoms with Gasteiger partial charge in [0.05, 0.1) is 5.69 Å². The lowest BCUT2D eigenvalue weighted by molar-refractivity contribution is -0.274. The number of para-hydroxylation sites is 1. The average Bonchev–Trinajstić information content (AvgIpc) is 3.52. The van der Waals surface area contributed by atoms with Gasteiger partial charge in [0.25, 0.3) is 0 Å². The molecular weight excluding hydrogens is 613 g/mol. The van der Waals surface area contributed by atoms with Crippen molar-refractivity contribution in [2.75, 3.05) is 17.2 Å². The van der Waals surface area contributed by atoms with Crippen LogP contribution in [0, 0.1) is 0 Å². The minimum atomic E-state index is -4.74. The van der Waals surface area contributed by atoms with Crippen molar-refractivity contribution in [3.63, 3.8) is 0 Å². The van der Waals surface area contributed by atoms with Gasteiger partial charge in [0.2, 0.25) is 0 Å². The van der Waals surface area contributed by atoms with E-state index in [-0.39, 0.29) is 17.8 Å². The Hall–Kier alpha value is -4.32. The van der Waals surface area contributed by atoms with Crippen LogP contribution in [0.3, 0.4) is 0 Å². The van der Waals surface area contributed by atoms with E-state index in [1.807, 2.05) is 37.3 Å². The number of alkyl halides is 3. The van der Waals surface area contributed by atoms with Gasteiger partial charge >= 0.3 is 12.4 Å². The molecule has 0 saturated carbocycles. The number of amidine groups is 1. The fourth-order valence-corrected chi connectivity index (χ4v) is 6.20. The molecule has 3 aromatic carbocycles. The minimum absolute atomic E-state index is 0.0247. The number of hydrogen-bond acceptors (Lipinski definition) is 5. The van der Waals surface area contributed by atoms with Crippen molar-refractivity contribution in [2.24, 2.45) is 4.99 Å². The van der Waals surface area contributed by atoms with Crippen LogP contribution in [0.25, 0.3) is 17.1 Å². The lowest BCUT2D eigenvalue weighted by Crippen LogP contribution is -2.37. The highest BCUT2D eigenvalue weighted by molar-refractivity contribution is 8.14. The fourth-order valence-electron chi connectivity index (χ4n) is 5.25. The van der Waals surface area contributed by atoms with Crippen LogP contribution in [0.15, 0.2) is 84.1 Å². The minimum Gasteiger partial charge on any atom is -0.406 e. The second-order valence-electron chi connectivity index (χ2n) is 11.5. The first-order valence-corrected chi connectivity index (χ1v) is 16.3. The van der Waals surface area contributed by atoms with E-state index in [1.54, 1.807) is 11.8 Å². The number of aryl methyl sites for hydroxylation is 1. The average molecular weight is 651 g/mol. The maximum Gasteiger partial charge on any atom is 0.573 e. The number of aliphatic imine (C=N–C) groups is 1. The number of halogens is 3. The number of anilines is 1. The number of amides is 2. The van der Waals surface area contributed by atoms with E-state index < -0.39 is 6.36 Å². The number of hydrogen-bond donors (Lipinski definition) is 1. The van der Waals surface area contributed by atoms with Crippen LogP contribution < -0.4 is 15.0 Å². The van der Waals surface area contributed by atoms with Crippen LogP contribution in [-0.2, 0) is 6.42 Å². The van der Waals surface area contributed by atoms with Gasteiger partial charge in [-0.15, -0.1) is 18.3 Å². The molecule has 0 spiro atoms. The van der Waals surface area contributed by atoms with Gasteiger partial charge in [-0.05, 0) is 80.0 Å². The van der Waals surface area contributed by atoms with Crippen LogP contribution in [0.5, 0.6) is 5.75 Å². The van der Waals surface area contributed by atoms with E-state index in [4.69, 9.17) is 0 Å². The summed E-state index contributed by atoms with van der Waals surface area (Å²) >= 11 is 1.62. The van der Waals surface area contributed by atoms with Gasteiger partial charge in [-0.3, -0.25) is 0 Å². The zero-order valence-corrected chi connectivity index (χ0v) is 26.8. The summed E-state index contributed by atoms with van der Waals surface area (Å²) in [5.74, 6) is 1.51. The summed E-state index contributed by atoms with van der Waals surface area (Å²) in [5.41, 5.74) is 4.90. The van der Waals surface area contributed by atoms with Gasteiger partial charge in [-0.25, -0.2) is 14.5 Å². The van der Waals surface area contributed by atoms with Crippen molar-refractivity contribution >= 4 is 28.6 Å². The highest BCUT2D eigenvalue weighted by Crippen LogP contribution is 2.32. The number of nitrogens with one attached hydrogen (secondary N) is 1. The molecular formula is C34H37F3N6O2S. The number of ether oxygens (including phenoxy) is 1. The van der Waals surface area contributed by atoms with Crippen LogP contribution >= 0.6 is 11.8 Å². The zero-order valence-electron chi connectivity index (χ0n) is 26.0. The Labute approximate surface area is 271 Å². The Bertz CT molecular complexity index is 1640. The SMILES string of the molecule is CC(CCCc1ccc(-c2ncn(-c3ccc(OC(F)(F)F)cc3)n2)cc1)NC(=O)/N=C1\SCCCN1c1ccccc1C(C)C. The summed E-state index contributed by atoms with van der Waals surface area (Å²) in [6, 6.07) is 21.4. The first kappa shape index (κ1) is 33.1. The molecule has 1 aliphatic rings. The summed E-state index contributed by atoms with van der Waals surface area (Å²) in [6.07, 6.45) is 0.355. The highest BCUT2D eigenvalue weighted by Gasteiger charge is 2.31. The molecule has 46 heavy (non-hydrogen) atoms. The zero-order chi connectivity index (χ0) is 32.7. The molecule has 0 radical (unpaired) electrons. The van der Waals surface area contributed by atoms with E-state index in [0.29, 0.717) is 17.4 Å². The molecule has 8 nitrogen and oxygen atoms in total. The van der Waals surface area contributed by atoms with Crippen molar-refractivity contribution in [1.29, 1.82) is 0 Å². The molecule has 0 bridgehead atoms. The maximum absolute atomic E-state index is 12.9. The molecule has 1 saturated heterocycles. The van der Waals surface area contributed by atoms with Gasteiger partial charge < -0.3 is 15.0 Å². The molecule has 0 aliphatic carbocycles. The number of nitrogens with zero attached hydrogens (tertiary/aromatic N) is 5. The third-order valence-electron chi connectivity index (χ3n) is 7.55. The van der Waals surface area contributed by atoms with Crippen molar-refractivity contribution in [1.82, 2.24) is 20.1 Å². The number of urea groups is 1. The van der Waals surface area contributed by atoms with Crippen LogP contribution in [0.1, 0.15) is 57.1 Å². The van der Waals surface area contributed by atoms with Gasteiger partial charge in [-0.1, -0.05) is 68.1 Å². The van der Waals surface area contributed by atoms with E-state index in [1.165, 1.54) is 40.8 Å². The fraction of sp³-hybridized carbons (Fsp3) is 0.353. The monoisotopic (exact) mass is 650 g/mol. The van der Waals surface area contributed by atoms with Crippen molar-refractivity contribution in [3.8, 4) is 22.8 Å². The Balaban J connectivity index is 1.11. The summed E-state index contributed by atoms with van der Waals surface area (Å²) in [5, 5.41) is 8.25. The first-order valence-electron chi connectivity index (χ1n) is 15.3. The van der Waals surface area contributed by atoms with Gasteiger partial charge in [0, 0.05) is 29.6 Å². The molecule has 242 valence electrons. The Kier molecular flexibility index (Phi) is 10.7. The molecule has 1 N–H and O–H groups in total. The van der Waals surface area contributed by atoms with Crippen LogP contribution in [0.4, 0.5) is 23.7 Å². The van der Waals surface area contributed by atoms with E-state index in [9.17, 15) is 18.0 Å². The summed E-state index contributed by atoms with van der Waals surface area (Å²) in [7, 11) is 0. The van der Waals surface area contributed by atoms with Crippen molar-refractivity contribution < 1.29 is 22.7 Å². The molecule has 5 rings (SSSR count). The quantitative estimate of drug-likeness (QED) is 0.186. The van der Waals surface area contributed by atoms with E-state index in [0.717, 1.165) is 60.0 Å². The predicted octanol–water partition coefficient (Wildman–Crippen LogP) is 8.38. The van der Waals surface area contributed by atoms with Crippen molar-refractivity contribution in [3.05, 3.63) is 90.3 Å². The largest absolute Gasteiger partial charge is 0.573 e. The summed E-state index contributed by atoms with van der Waals surface area (Å²) in [4.78, 5) is 23.9. The summed E-state index contributed by atoms with van der Waals surface area (Å²) < 4.78 is 42.7. The molecule has 1 aliphatic heterocycles. The first-order chi connectivity index (χ1) is 22.1. The second kappa shape index (κ2) is 14.8. The topological polar surface area (TPSA) is 84.6 Å². The Morgan fingerprint density at radius 1 is 1.04 bits per heavy atom. The number of aromatic nitrogens is 3. The molecule has 1 aromatic heterocycles. The number of benzene rings is 3. The molecule has 1 unspecified atom stereocenters. The lowest BCUT2D eigenvalue weighted by atomic mass is 10.0. The van der Waals surface area contributed by atoms with E-state index in [2.05, 4.69) is 62.1 Å². The standard InChI is InChI=1S/C34H37F3N6O2S/c1-23(2)29-10-4-5-11-30(29)42-20-7-21-46-33(42)40-32(44)39-24(3)8-6-9-25-12-14-26(15-13-25)31-38-22-43(41-31)27-16-18-28(19-17-27)45-34(35,36)37/h4-5,10-19,22-24H,6-9,20-21H2,1-3H3,(H,39,44)/b40-33-. The lowest BCUT2D eigenvalue weighted by Gasteiger charge is -2.32. The molecule has 1 atom stereocenters. The van der Waals surface area contributed by atoms with Gasteiger partial charge in [-0.2, -0.15) is 4.99 Å². The predicted molar refractivity (Wildman–Crippen MR) is 177 cm³/mol. The Morgan fingerprint density at radius 3 is 2.50 bits per heavy atom.